The van der Waals surface area contributed by atoms with Crippen LogP contribution in [0.2, 0.25) is 0 Å². The maximum atomic E-state index is 11.5. The van der Waals surface area contributed by atoms with Gasteiger partial charge in [-0.05, 0) is 24.8 Å². The average Bonchev–Trinajstić information content (AvgIpc) is 2.47. The Morgan fingerprint density at radius 3 is 2.55 bits per heavy atom. The first-order valence-electron chi connectivity index (χ1n) is 7.13. The number of carbonyl (C=O) groups excluding carboxylic acids is 1. The first-order chi connectivity index (χ1) is 9.34. The molecule has 0 aliphatic carbocycles. The highest BCUT2D eigenvalue weighted by Crippen LogP contribution is 1.97. The SMILES string of the molecule is O=C(NCc1ccccc1)OCC[NH+]1CCCCC1.[Cl-]. The summed E-state index contributed by atoms with van der Waals surface area (Å²) in [7, 11) is 0. The number of nitrogens with one attached hydrogen (secondary N) is 2. The van der Waals surface area contributed by atoms with Crippen molar-refractivity contribution in [3.63, 3.8) is 0 Å². The van der Waals surface area contributed by atoms with E-state index in [-0.39, 0.29) is 18.5 Å². The molecule has 0 bridgehead atoms. The van der Waals surface area contributed by atoms with Gasteiger partial charge in [-0.2, -0.15) is 0 Å². The number of hydrogen-bond acceptors (Lipinski definition) is 2. The summed E-state index contributed by atoms with van der Waals surface area (Å²) in [4.78, 5) is 13.1. The molecule has 2 N–H and O–H groups in total. The van der Waals surface area contributed by atoms with Crippen LogP contribution in [0.15, 0.2) is 30.3 Å². The number of halogens is 1. The van der Waals surface area contributed by atoms with Crippen molar-refractivity contribution in [1.29, 1.82) is 0 Å². The van der Waals surface area contributed by atoms with Crippen molar-refractivity contribution < 1.29 is 26.8 Å². The van der Waals surface area contributed by atoms with Crippen LogP contribution in [0.4, 0.5) is 4.79 Å². The topological polar surface area (TPSA) is 42.8 Å². The number of likely N-dealkylation sites (tertiary alicyclic amines) is 1. The molecule has 1 aliphatic heterocycles. The van der Waals surface area contributed by atoms with Crippen LogP contribution in [0.1, 0.15) is 24.8 Å². The molecule has 4 nitrogen and oxygen atoms in total. The van der Waals surface area contributed by atoms with Gasteiger partial charge in [-0.15, -0.1) is 0 Å². The summed E-state index contributed by atoms with van der Waals surface area (Å²) in [6.45, 7) is 4.40. The summed E-state index contributed by atoms with van der Waals surface area (Å²) in [5.74, 6) is 0. The van der Waals surface area contributed by atoms with Crippen molar-refractivity contribution in [3.8, 4) is 0 Å². The maximum Gasteiger partial charge on any atom is 0.407 e. The van der Waals surface area contributed by atoms with Crippen molar-refractivity contribution in [2.75, 3.05) is 26.2 Å². The van der Waals surface area contributed by atoms with Crippen LogP contribution in [0.3, 0.4) is 0 Å². The van der Waals surface area contributed by atoms with Crippen molar-refractivity contribution in [3.05, 3.63) is 35.9 Å². The Hall–Kier alpha value is -1.26. The van der Waals surface area contributed by atoms with Crippen LogP contribution in [-0.4, -0.2) is 32.3 Å². The van der Waals surface area contributed by atoms with Crippen molar-refractivity contribution in [1.82, 2.24) is 5.32 Å². The molecule has 0 unspecified atom stereocenters. The predicted molar refractivity (Wildman–Crippen MR) is 74.0 cm³/mol. The van der Waals surface area contributed by atoms with Crippen molar-refractivity contribution in [2.24, 2.45) is 0 Å². The van der Waals surface area contributed by atoms with Crippen LogP contribution in [0.25, 0.3) is 0 Å². The lowest BCUT2D eigenvalue weighted by Crippen LogP contribution is -3.13. The normalized spacial score (nSPS) is 15.2. The van der Waals surface area contributed by atoms with E-state index < -0.39 is 0 Å². The van der Waals surface area contributed by atoms with E-state index in [4.69, 9.17) is 4.74 Å². The molecule has 0 saturated carbocycles. The van der Waals surface area contributed by atoms with Gasteiger partial charge in [0.25, 0.3) is 0 Å². The quantitative estimate of drug-likeness (QED) is 0.659. The summed E-state index contributed by atoms with van der Waals surface area (Å²) in [5, 5.41) is 2.77. The molecule has 1 aromatic rings. The molecule has 1 aliphatic rings. The molecule has 1 saturated heterocycles. The van der Waals surface area contributed by atoms with Crippen LogP contribution < -0.4 is 22.6 Å². The lowest BCUT2D eigenvalue weighted by atomic mass is 10.1. The third-order valence-corrected chi connectivity index (χ3v) is 3.53. The fourth-order valence-electron chi connectivity index (χ4n) is 2.41. The molecule has 20 heavy (non-hydrogen) atoms. The molecular weight excluding hydrogens is 276 g/mol. The fraction of sp³-hybridized carbons (Fsp3) is 0.533. The fourth-order valence-corrected chi connectivity index (χ4v) is 2.41. The molecule has 1 amide bonds. The summed E-state index contributed by atoms with van der Waals surface area (Å²) >= 11 is 0. The van der Waals surface area contributed by atoms with Crippen LogP contribution in [-0.2, 0) is 11.3 Å². The number of benzene rings is 1. The summed E-state index contributed by atoms with van der Waals surface area (Å²) in [6.07, 6.45) is 3.63. The van der Waals surface area contributed by atoms with Gasteiger partial charge in [-0.25, -0.2) is 4.79 Å². The number of amides is 1. The monoisotopic (exact) mass is 298 g/mol. The number of piperidine rings is 1. The Balaban J connectivity index is 0.00000200. The molecule has 0 atom stereocenters. The Labute approximate surface area is 126 Å². The van der Waals surface area contributed by atoms with Crippen molar-refractivity contribution >= 4 is 6.09 Å². The Kier molecular flexibility index (Phi) is 8.07. The number of rotatable bonds is 5. The summed E-state index contributed by atoms with van der Waals surface area (Å²) < 4.78 is 5.20. The number of carbonyl (C=O) groups is 1. The molecular formula is C15H23ClN2O2. The van der Waals surface area contributed by atoms with Gasteiger partial charge in [0.05, 0.1) is 13.1 Å². The van der Waals surface area contributed by atoms with Crippen molar-refractivity contribution in [2.45, 2.75) is 25.8 Å². The third-order valence-electron chi connectivity index (χ3n) is 3.53. The number of ether oxygens (including phenoxy) is 1. The zero-order chi connectivity index (χ0) is 13.3. The first kappa shape index (κ1) is 16.8. The van der Waals surface area contributed by atoms with E-state index in [0.29, 0.717) is 13.2 Å². The lowest BCUT2D eigenvalue weighted by molar-refractivity contribution is -0.905. The van der Waals surface area contributed by atoms with E-state index in [1.54, 1.807) is 4.90 Å². The van der Waals surface area contributed by atoms with Gasteiger partial charge in [0.1, 0.15) is 13.2 Å². The lowest BCUT2D eigenvalue weighted by Gasteiger charge is -2.23. The van der Waals surface area contributed by atoms with Gasteiger partial charge < -0.3 is 27.4 Å². The molecule has 0 radical (unpaired) electrons. The Morgan fingerprint density at radius 2 is 1.85 bits per heavy atom. The van der Waals surface area contributed by atoms with E-state index >= 15 is 0 Å². The zero-order valence-electron chi connectivity index (χ0n) is 11.7. The van der Waals surface area contributed by atoms with Crippen LogP contribution in [0.5, 0.6) is 0 Å². The predicted octanol–water partition coefficient (Wildman–Crippen LogP) is -2.01. The van der Waals surface area contributed by atoms with Gasteiger partial charge in [0.15, 0.2) is 0 Å². The first-order valence-corrected chi connectivity index (χ1v) is 7.13. The summed E-state index contributed by atoms with van der Waals surface area (Å²) in [5.41, 5.74) is 1.08. The Morgan fingerprint density at radius 1 is 1.15 bits per heavy atom. The molecule has 0 aromatic heterocycles. The van der Waals surface area contributed by atoms with E-state index in [0.717, 1.165) is 12.1 Å². The minimum atomic E-state index is -0.319. The van der Waals surface area contributed by atoms with E-state index in [9.17, 15) is 4.79 Å². The number of alkyl carbamates (subject to hydrolysis) is 1. The molecule has 2 rings (SSSR count). The largest absolute Gasteiger partial charge is 1.00 e. The second-order valence-electron chi connectivity index (χ2n) is 5.04. The number of quaternary nitrogens is 1. The van der Waals surface area contributed by atoms with Crippen LogP contribution in [0, 0.1) is 0 Å². The standard InChI is InChI=1S/C15H22N2O2.ClH/c18-15(16-13-14-7-3-1-4-8-14)19-12-11-17-9-5-2-6-10-17;/h1,3-4,7-8H,2,5-6,9-13H2,(H,16,18);1H. The molecule has 1 fully saturated rings. The minimum absolute atomic E-state index is 0. The maximum absolute atomic E-state index is 11.5. The Bertz CT molecular complexity index is 381. The van der Waals surface area contributed by atoms with Gasteiger partial charge >= 0.3 is 6.09 Å². The smallest absolute Gasteiger partial charge is 0.407 e. The van der Waals surface area contributed by atoms with Gasteiger partial charge in [0, 0.05) is 6.54 Å². The molecule has 5 heteroatoms. The molecule has 112 valence electrons. The third kappa shape index (κ3) is 6.26. The zero-order valence-corrected chi connectivity index (χ0v) is 12.5. The van der Waals surface area contributed by atoms with Gasteiger partial charge in [-0.1, -0.05) is 30.3 Å². The van der Waals surface area contributed by atoms with E-state index in [1.165, 1.54) is 32.4 Å². The summed E-state index contributed by atoms with van der Waals surface area (Å²) in [6, 6.07) is 9.85. The molecule has 1 heterocycles. The molecule has 0 spiro atoms. The second-order valence-corrected chi connectivity index (χ2v) is 5.04. The van der Waals surface area contributed by atoms with Crippen LogP contribution >= 0.6 is 0 Å². The van der Waals surface area contributed by atoms with Gasteiger partial charge in [0.2, 0.25) is 0 Å². The second kappa shape index (κ2) is 9.61. The van der Waals surface area contributed by atoms with E-state index in [1.807, 2.05) is 30.3 Å². The average molecular weight is 299 g/mol. The number of hydrogen-bond donors (Lipinski definition) is 2. The van der Waals surface area contributed by atoms with E-state index in [2.05, 4.69) is 5.32 Å². The highest BCUT2D eigenvalue weighted by molar-refractivity contribution is 5.67. The highest BCUT2D eigenvalue weighted by atomic mass is 35.5. The highest BCUT2D eigenvalue weighted by Gasteiger charge is 2.13. The molecule has 1 aromatic carbocycles. The minimum Gasteiger partial charge on any atom is -1.00 e. The van der Waals surface area contributed by atoms with Gasteiger partial charge in [-0.3, -0.25) is 0 Å².